The van der Waals surface area contributed by atoms with Gasteiger partial charge in [-0.2, -0.15) is 0 Å². The first-order valence-electron chi connectivity index (χ1n) is 6.93. The third-order valence-corrected chi connectivity index (χ3v) is 3.10. The van der Waals surface area contributed by atoms with Gasteiger partial charge < -0.3 is 19.5 Å². The van der Waals surface area contributed by atoms with Gasteiger partial charge in [-0.3, -0.25) is 0 Å². The summed E-state index contributed by atoms with van der Waals surface area (Å²) in [5, 5.41) is 3.28. The minimum Gasteiger partial charge on any atom is -0.493 e. The minimum atomic E-state index is -2.42. The van der Waals surface area contributed by atoms with E-state index in [4.69, 9.17) is 14.2 Å². The SMILES string of the molecule is CCC(NCCOCC(F)F)c1ccc(OC)c(OC)c1. The highest BCUT2D eigenvalue weighted by Crippen LogP contribution is 2.30. The van der Waals surface area contributed by atoms with E-state index in [1.54, 1.807) is 14.2 Å². The molecular weight excluding hydrogens is 280 g/mol. The number of hydrogen-bond donors (Lipinski definition) is 1. The Morgan fingerprint density at radius 3 is 2.43 bits per heavy atom. The Morgan fingerprint density at radius 1 is 1.14 bits per heavy atom. The summed E-state index contributed by atoms with van der Waals surface area (Å²) in [5.74, 6) is 1.35. The maximum absolute atomic E-state index is 11.9. The van der Waals surface area contributed by atoms with Gasteiger partial charge in [0, 0.05) is 12.6 Å². The molecule has 0 spiro atoms. The van der Waals surface area contributed by atoms with Crippen molar-refractivity contribution in [2.45, 2.75) is 25.8 Å². The Balaban J connectivity index is 2.55. The predicted molar refractivity (Wildman–Crippen MR) is 77.4 cm³/mol. The van der Waals surface area contributed by atoms with E-state index in [1.807, 2.05) is 25.1 Å². The summed E-state index contributed by atoms with van der Waals surface area (Å²) in [4.78, 5) is 0. The molecule has 4 nitrogen and oxygen atoms in total. The molecule has 0 aromatic heterocycles. The van der Waals surface area contributed by atoms with Crippen LogP contribution >= 0.6 is 0 Å². The Hall–Kier alpha value is -1.40. The van der Waals surface area contributed by atoms with E-state index in [0.29, 0.717) is 18.0 Å². The molecular formula is C15H23F2NO3. The highest BCUT2D eigenvalue weighted by molar-refractivity contribution is 5.43. The van der Waals surface area contributed by atoms with E-state index in [-0.39, 0.29) is 12.6 Å². The number of rotatable bonds is 10. The molecule has 120 valence electrons. The van der Waals surface area contributed by atoms with Crippen molar-refractivity contribution >= 4 is 0 Å². The molecule has 21 heavy (non-hydrogen) atoms. The summed E-state index contributed by atoms with van der Waals surface area (Å²) < 4.78 is 39.2. The second kappa shape index (κ2) is 9.52. The van der Waals surface area contributed by atoms with Gasteiger partial charge in [-0.25, -0.2) is 8.78 Å². The van der Waals surface area contributed by atoms with Crippen molar-refractivity contribution in [3.8, 4) is 11.5 Å². The lowest BCUT2D eigenvalue weighted by Crippen LogP contribution is -2.25. The first-order valence-corrected chi connectivity index (χ1v) is 6.93. The highest BCUT2D eigenvalue weighted by atomic mass is 19.3. The molecule has 6 heteroatoms. The van der Waals surface area contributed by atoms with Crippen LogP contribution in [0.3, 0.4) is 0 Å². The van der Waals surface area contributed by atoms with Gasteiger partial charge in [-0.15, -0.1) is 0 Å². The lowest BCUT2D eigenvalue weighted by molar-refractivity contribution is 0.0181. The van der Waals surface area contributed by atoms with Crippen molar-refractivity contribution in [3.05, 3.63) is 23.8 Å². The highest BCUT2D eigenvalue weighted by Gasteiger charge is 2.12. The van der Waals surface area contributed by atoms with Gasteiger partial charge in [-0.1, -0.05) is 13.0 Å². The monoisotopic (exact) mass is 303 g/mol. The van der Waals surface area contributed by atoms with Gasteiger partial charge in [0.25, 0.3) is 6.43 Å². The van der Waals surface area contributed by atoms with Crippen LogP contribution in [-0.2, 0) is 4.74 Å². The minimum absolute atomic E-state index is 0.111. The molecule has 0 aliphatic heterocycles. The van der Waals surface area contributed by atoms with Gasteiger partial charge in [0.1, 0.15) is 6.61 Å². The van der Waals surface area contributed by atoms with E-state index >= 15 is 0 Å². The molecule has 1 aromatic carbocycles. The molecule has 0 amide bonds. The zero-order valence-electron chi connectivity index (χ0n) is 12.7. The number of nitrogens with one attached hydrogen (secondary N) is 1. The van der Waals surface area contributed by atoms with Crippen LogP contribution in [-0.4, -0.2) is 40.4 Å². The smallest absolute Gasteiger partial charge is 0.261 e. The zero-order valence-corrected chi connectivity index (χ0v) is 12.7. The summed E-state index contributed by atoms with van der Waals surface area (Å²) in [6.07, 6.45) is -1.55. The third kappa shape index (κ3) is 5.85. The average Bonchev–Trinajstić information content (AvgIpc) is 2.50. The van der Waals surface area contributed by atoms with Crippen LogP contribution in [0.2, 0.25) is 0 Å². The largest absolute Gasteiger partial charge is 0.493 e. The summed E-state index contributed by atoms with van der Waals surface area (Å²) in [5.41, 5.74) is 1.06. The summed E-state index contributed by atoms with van der Waals surface area (Å²) in [6.45, 7) is 2.30. The molecule has 0 bridgehead atoms. The number of methoxy groups -OCH3 is 2. The number of alkyl halides is 2. The second-order valence-electron chi connectivity index (χ2n) is 4.50. The fraction of sp³-hybridized carbons (Fsp3) is 0.600. The molecule has 1 N–H and O–H groups in total. The van der Waals surface area contributed by atoms with Gasteiger partial charge in [-0.05, 0) is 24.1 Å². The van der Waals surface area contributed by atoms with Crippen LogP contribution < -0.4 is 14.8 Å². The Morgan fingerprint density at radius 2 is 1.86 bits per heavy atom. The molecule has 0 fully saturated rings. The van der Waals surface area contributed by atoms with Gasteiger partial charge >= 0.3 is 0 Å². The number of halogens is 2. The van der Waals surface area contributed by atoms with Crippen molar-refractivity contribution in [2.75, 3.05) is 34.0 Å². The average molecular weight is 303 g/mol. The van der Waals surface area contributed by atoms with E-state index in [1.165, 1.54) is 0 Å². The molecule has 0 heterocycles. The lowest BCUT2D eigenvalue weighted by Gasteiger charge is -2.19. The Bertz CT molecular complexity index is 416. The van der Waals surface area contributed by atoms with Gasteiger partial charge in [0.2, 0.25) is 0 Å². The quantitative estimate of drug-likeness (QED) is 0.675. The molecule has 0 aliphatic carbocycles. The van der Waals surface area contributed by atoms with Crippen LogP contribution in [0, 0.1) is 0 Å². The standard InChI is InChI=1S/C15H23F2NO3/c1-4-12(18-7-8-21-10-15(16)17)11-5-6-13(19-2)14(9-11)20-3/h5-6,9,12,15,18H,4,7-8,10H2,1-3H3. The summed E-state index contributed by atoms with van der Waals surface area (Å²) >= 11 is 0. The van der Waals surface area contributed by atoms with E-state index in [0.717, 1.165) is 12.0 Å². The van der Waals surface area contributed by atoms with Crippen LogP contribution in [0.5, 0.6) is 11.5 Å². The summed E-state index contributed by atoms with van der Waals surface area (Å²) in [7, 11) is 3.18. The molecule has 1 aromatic rings. The van der Waals surface area contributed by atoms with Crippen LogP contribution in [0.25, 0.3) is 0 Å². The molecule has 0 saturated heterocycles. The molecule has 1 unspecified atom stereocenters. The van der Waals surface area contributed by atoms with Crippen LogP contribution in [0.15, 0.2) is 18.2 Å². The third-order valence-electron chi connectivity index (χ3n) is 3.10. The normalized spacial score (nSPS) is 12.5. The van der Waals surface area contributed by atoms with Gasteiger partial charge in [0.05, 0.1) is 20.8 Å². The van der Waals surface area contributed by atoms with Crippen LogP contribution in [0.4, 0.5) is 8.78 Å². The van der Waals surface area contributed by atoms with Crippen LogP contribution in [0.1, 0.15) is 24.9 Å². The maximum atomic E-state index is 11.9. The predicted octanol–water partition coefficient (Wildman–Crippen LogP) is 3.03. The molecule has 0 aliphatic rings. The molecule has 1 rings (SSSR count). The van der Waals surface area contributed by atoms with E-state index in [2.05, 4.69) is 5.32 Å². The van der Waals surface area contributed by atoms with E-state index < -0.39 is 13.0 Å². The fourth-order valence-corrected chi connectivity index (χ4v) is 2.05. The van der Waals surface area contributed by atoms with Gasteiger partial charge in [0.15, 0.2) is 11.5 Å². The van der Waals surface area contributed by atoms with Crippen molar-refractivity contribution in [1.29, 1.82) is 0 Å². The number of benzene rings is 1. The first-order chi connectivity index (χ1) is 10.1. The fourth-order valence-electron chi connectivity index (χ4n) is 2.05. The van der Waals surface area contributed by atoms with Crippen molar-refractivity contribution in [1.82, 2.24) is 5.32 Å². The van der Waals surface area contributed by atoms with E-state index in [9.17, 15) is 8.78 Å². The molecule has 0 saturated carbocycles. The lowest BCUT2D eigenvalue weighted by atomic mass is 10.0. The Kier molecular flexibility index (Phi) is 8.00. The molecule has 0 radical (unpaired) electrons. The van der Waals surface area contributed by atoms with Crippen molar-refractivity contribution in [2.24, 2.45) is 0 Å². The second-order valence-corrected chi connectivity index (χ2v) is 4.50. The Labute approximate surface area is 124 Å². The molecule has 1 atom stereocenters. The van der Waals surface area contributed by atoms with Crippen molar-refractivity contribution in [3.63, 3.8) is 0 Å². The number of ether oxygens (including phenoxy) is 3. The first kappa shape index (κ1) is 17.7. The zero-order chi connectivity index (χ0) is 15.7. The maximum Gasteiger partial charge on any atom is 0.261 e. The number of hydrogen-bond acceptors (Lipinski definition) is 4. The van der Waals surface area contributed by atoms with Crippen molar-refractivity contribution < 1.29 is 23.0 Å². The topological polar surface area (TPSA) is 39.7 Å². The summed E-state index contributed by atoms with van der Waals surface area (Å²) in [6, 6.07) is 5.84.